The average Bonchev–Trinajstić information content (AvgIpc) is 2.05. The van der Waals surface area contributed by atoms with Crippen molar-refractivity contribution >= 4 is 5.71 Å². The highest BCUT2D eigenvalue weighted by atomic mass is 14.4. The minimum Gasteiger partial charge on any atom is -0.305 e. The standard InChI is InChI=1S/C8H11N.C2H6/c1-5-6(2)7(3)8(4)9;1-2/h1,9H,2-4H3;1-2H3/b7-6-,9-8?;. The Balaban J connectivity index is 0. The molecule has 62 valence electrons. The van der Waals surface area contributed by atoms with E-state index in [0.717, 1.165) is 11.1 Å². The zero-order valence-corrected chi connectivity index (χ0v) is 8.08. The second kappa shape index (κ2) is 7.08. The third-order valence-electron chi connectivity index (χ3n) is 1.34. The number of hydrogen-bond donors (Lipinski definition) is 1. The van der Waals surface area contributed by atoms with E-state index in [0.29, 0.717) is 5.71 Å². The van der Waals surface area contributed by atoms with E-state index in [9.17, 15) is 0 Å². The van der Waals surface area contributed by atoms with Gasteiger partial charge in [-0.2, -0.15) is 0 Å². The molecule has 11 heavy (non-hydrogen) atoms. The Morgan fingerprint density at radius 3 is 1.64 bits per heavy atom. The zero-order valence-electron chi connectivity index (χ0n) is 8.08. The largest absolute Gasteiger partial charge is 0.305 e. The van der Waals surface area contributed by atoms with Gasteiger partial charge < -0.3 is 5.41 Å². The Labute approximate surface area is 70.0 Å². The average molecular weight is 151 g/mol. The maximum atomic E-state index is 7.18. The third kappa shape index (κ3) is 5.42. The van der Waals surface area contributed by atoms with E-state index in [1.165, 1.54) is 0 Å². The molecule has 0 amide bonds. The minimum absolute atomic E-state index is 0.547. The van der Waals surface area contributed by atoms with Crippen LogP contribution >= 0.6 is 0 Å². The van der Waals surface area contributed by atoms with E-state index >= 15 is 0 Å². The SMILES string of the molecule is C#C/C(C)=C(/C)C(C)=N.CC. The highest BCUT2D eigenvalue weighted by Crippen LogP contribution is 2.01. The maximum Gasteiger partial charge on any atom is 0.0321 e. The highest BCUT2D eigenvalue weighted by Gasteiger charge is 1.93. The number of terminal acetylenes is 1. The number of nitrogens with one attached hydrogen (secondary N) is 1. The van der Waals surface area contributed by atoms with Crippen LogP contribution in [0.4, 0.5) is 0 Å². The Morgan fingerprint density at radius 2 is 1.55 bits per heavy atom. The van der Waals surface area contributed by atoms with E-state index in [1.54, 1.807) is 6.92 Å². The molecule has 0 bridgehead atoms. The lowest BCUT2D eigenvalue weighted by molar-refractivity contribution is 1.37. The van der Waals surface area contributed by atoms with Crippen molar-refractivity contribution in [3.63, 3.8) is 0 Å². The van der Waals surface area contributed by atoms with Gasteiger partial charge in [0.05, 0.1) is 0 Å². The molecular weight excluding hydrogens is 134 g/mol. The molecule has 0 saturated carbocycles. The van der Waals surface area contributed by atoms with Crippen molar-refractivity contribution in [2.75, 3.05) is 0 Å². The van der Waals surface area contributed by atoms with Gasteiger partial charge in [0, 0.05) is 11.3 Å². The van der Waals surface area contributed by atoms with Crippen LogP contribution in [0, 0.1) is 17.8 Å². The monoisotopic (exact) mass is 151 g/mol. The summed E-state index contributed by atoms with van der Waals surface area (Å²) < 4.78 is 0. The molecule has 0 aliphatic rings. The van der Waals surface area contributed by atoms with Crippen LogP contribution in [0.1, 0.15) is 34.6 Å². The molecule has 0 rings (SSSR count). The maximum absolute atomic E-state index is 7.18. The number of hydrogen-bond acceptors (Lipinski definition) is 1. The van der Waals surface area contributed by atoms with E-state index < -0.39 is 0 Å². The van der Waals surface area contributed by atoms with Gasteiger partial charge in [0.25, 0.3) is 0 Å². The highest BCUT2D eigenvalue weighted by molar-refractivity contribution is 5.96. The minimum atomic E-state index is 0.547. The fraction of sp³-hybridized carbons (Fsp3) is 0.500. The molecule has 0 aromatic heterocycles. The molecule has 0 aromatic rings. The molecule has 1 heteroatoms. The fourth-order valence-corrected chi connectivity index (χ4v) is 0.390. The van der Waals surface area contributed by atoms with E-state index in [1.807, 2.05) is 27.7 Å². The molecule has 0 aromatic carbocycles. The summed E-state index contributed by atoms with van der Waals surface area (Å²) in [6, 6.07) is 0. The molecule has 0 saturated heterocycles. The van der Waals surface area contributed by atoms with Crippen LogP contribution in [0.25, 0.3) is 0 Å². The fourth-order valence-electron chi connectivity index (χ4n) is 0.390. The smallest absolute Gasteiger partial charge is 0.0321 e. The Morgan fingerprint density at radius 1 is 1.18 bits per heavy atom. The molecular formula is C10H17N. The summed E-state index contributed by atoms with van der Waals surface area (Å²) in [6.45, 7) is 9.43. The molecule has 1 nitrogen and oxygen atoms in total. The van der Waals surface area contributed by atoms with Gasteiger partial charge in [-0.15, -0.1) is 6.42 Å². The van der Waals surface area contributed by atoms with Gasteiger partial charge in [0.15, 0.2) is 0 Å². The second-order valence-corrected chi connectivity index (χ2v) is 2.02. The summed E-state index contributed by atoms with van der Waals surface area (Å²) in [4.78, 5) is 0. The van der Waals surface area contributed by atoms with E-state index in [2.05, 4.69) is 5.92 Å². The van der Waals surface area contributed by atoms with Crippen molar-refractivity contribution in [3.05, 3.63) is 11.1 Å². The second-order valence-electron chi connectivity index (χ2n) is 2.02. The molecule has 0 heterocycles. The van der Waals surface area contributed by atoms with Gasteiger partial charge in [-0.3, -0.25) is 0 Å². The lowest BCUT2D eigenvalue weighted by Gasteiger charge is -1.96. The summed E-state index contributed by atoms with van der Waals surface area (Å²) in [5.41, 5.74) is 2.30. The zero-order chi connectivity index (χ0) is 9.44. The molecule has 0 fully saturated rings. The predicted octanol–water partition coefficient (Wildman–Crippen LogP) is 3.02. The van der Waals surface area contributed by atoms with Crippen LogP contribution in [0.5, 0.6) is 0 Å². The van der Waals surface area contributed by atoms with Crippen LogP contribution < -0.4 is 0 Å². The van der Waals surface area contributed by atoms with Crippen molar-refractivity contribution < 1.29 is 0 Å². The molecule has 0 spiro atoms. The summed E-state index contributed by atoms with van der Waals surface area (Å²) >= 11 is 0. The van der Waals surface area contributed by atoms with Crippen molar-refractivity contribution in [2.24, 2.45) is 0 Å². The van der Waals surface area contributed by atoms with Crippen molar-refractivity contribution in [2.45, 2.75) is 34.6 Å². The Hall–Kier alpha value is -1.03. The van der Waals surface area contributed by atoms with E-state index in [-0.39, 0.29) is 0 Å². The van der Waals surface area contributed by atoms with Crippen LogP contribution in [-0.2, 0) is 0 Å². The van der Waals surface area contributed by atoms with Crippen LogP contribution in [0.15, 0.2) is 11.1 Å². The van der Waals surface area contributed by atoms with Gasteiger partial charge in [0.2, 0.25) is 0 Å². The summed E-state index contributed by atoms with van der Waals surface area (Å²) in [5, 5.41) is 7.18. The molecule has 1 N–H and O–H groups in total. The van der Waals surface area contributed by atoms with Gasteiger partial charge in [-0.05, 0) is 26.3 Å². The molecule has 0 unspecified atom stereocenters. The van der Waals surface area contributed by atoms with Gasteiger partial charge >= 0.3 is 0 Å². The first kappa shape index (κ1) is 12.6. The quantitative estimate of drug-likeness (QED) is 0.440. The first-order chi connectivity index (χ1) is 5.09. The lowest BCUT2D eigenvalue weighted by Crippen LogP contribution is -1.92. The summed E-state index contributed by atoms with van der Waals surface area (Å²) in [7, 11) is 0. The molecule has 0 aliphatic heterocycles. The van der Waals surface area contributed by atoms with Crippen LogP contribution in [0.3, 0.4) is 0 Å². The van der Waals surface area contributed by atoms with Gasteiger partial charge in [-0.25, -0.2) is 0 Å². The molecule has 0 atom stereocenters. The van der Waals surface area contributed by atoms with E-state index in [4.69, 9.17) is 11.8 Å². The predicted molar refractivity (Wildman–Crippen MR) is 52.0 cm³/mol. The van der Waals surface area contributed by atoms with Crippen molar-refractivity contribution in [3.8, 4) is 12.3 Å². The Kier molecular flexibility index (Phi) is 8.13. The topological polar surface area (TPSA) is 23.9 Å². The van der Waals surface area contributed by atoms with Gasteiger partial charge in [-0.1, -0.05) is 19.8 Å². The first-order valence-corrected chi connectivity index (χ1v) is 3.79. The van der Waals surface area contributed by atoms with Crippen LogP contribution in [0.2, 0.25) is 0 Å². The van der Waals surface area contributed by atoms with Gasteiger partial charge in [0.1, 0.15) is 0 Å². The Bertz CT molecular complexity index is 191. The number of allylic oxidation sites excluding steroid dienone is 2. The first-order valence-electron chi connectivity index (χ1n) is 3.79. The normalized spacial score (nSPS) is 10.2. The number of rotatable bonds is 1. The van der Waals surface area contributed by atoms with Crippen molar-refractivity contribution in [1.82, 2.24) is 0 Å². The summed E-state index contributed by atoms with van der Waals surface area (Å²) in [5.74, 6) is 2.48. The van der Waals surface area contributed by atoms with Crippen molar-refractivity contribution in [1.29, 1.82) is 5.41 Å². The third-order valence-corrected chi connectivity index (χ3v) is 1.34. The lowest BCUT2D eigenvalue weighted by atomic mass is 10.1. The van der Waals surface area contributed by atoms with Crippen LogP contribution in [-0.4, -0.2) is 5.71 Å². The molecule has 0 radical (unpaired) electrons. The summed E-state index contributed by atoms with van der Waals surface area (Å²) in [6.07, 6.45) is 5.11. The molecule has 0 aliphatic carbocycles.